The number of ether oxygens (including phenoxy) is 1. The highest BCUT2D eigenvalue weighted by Gasteiger charge is 2.29. The number of carbonyl (C=O) groups excluding carboxylic acids is 1. The lowest BCUT2D eigenvalue weighted by Gasteiger charge is -2.14. The first-order chi connectivity index (χ1) is 7.07. The molecule has 0 spiro atoms. The monoisotopic (exact) mass is 331 g/mol. The first-order valence-corrected chi connectivity index (χ1v) is 6.04. The molecule has 1 aromatic rings. The third kappa shape index (κ3) is 3.69. The Morgan fingerprint density at radius 3 is 2.81 bits per heavy atom. The minimum Gasteiger partial charge on any atom is -0.464 e. The first kappa shape index (κ1) is 15.8. The molecule has 0 aliphatic rings. The van der Waals surface area contributed by atoms with Gasteiger partial charge in [0, 0.05) is 9.35 Å². The number of alkyl halides is 1. The van der Waals surface area contributed by atoms with Crippen molar-refractivity contribution < 1.29 is 13.9 Å². The molecule has 2 atom stereocenters. The van der Waals surface area contributed by atoms with Crippen molar-refractivity contribution >= 4 is 45.6 Å². The Morgan fingerprint density at radius 1 is 1.75 bits per heavy atom. The average Bonchev–Trinajstić information content (AvgIpc) is 2.62. The van der Waals surface area contributed by atoms with Crippen molar-refractivity contribution in [1.29, 1.82) is 0 Å². The first-order valence-electron chi connectivity index (χ1n) is 4.37. The molecule has 0 saturated carbocycles. The number of halogens is 3. The summed E-state index contributed by atoms with van der Waals surface area (Å²) in [5.41, 5.74) is 5.62. The van der Waals surface area contributed by atoms with Crippen LogP contribution in [0, 0.1) is 0 Å². The summed E-state index contributed by atoms with van der Waals surface area (Å²) in [6.07, 6.45) is -1.82. The number of carbonyl (C=O) groups is 1. The number of hydrogen-bond donors (Lipinski definition) is 1. The van der Waals surface area contributed by atoms with E-state index in [-0.39, 0.29) is 19.0 Å². The van der Waals surface area contributed by atoms with E-state index in [1.54, 1.807) is 18.4 Å². The third-order valence-corrected chi connectivity index (χ3v) is 3.75. The fourth-order valence-electron chi connectivity index (χ4n) is 1.04. The average molecular weight is 333 g/mol. The predicted octanol–water partition coefficient (Wildman–Crippen LogP) is 2.83. The van der Waals surface area contributed by atoms with Crippen LogP contribution >= 0.6 is 39.7 Å². The van der Waals surface area contributed by atoms with Crippen molar-refractivity contribution in [2.75, 3.05) is 6.61 Å². The highest BCUT2D eigenvalue weighted by Crippen LogP contribution is 2.30. The van der Waals surface area contributed by atoms with Gasteiger partial charge in [-0.15, -0.1) is 23.7 Å². The highest BCUT2D eigenvalue weighted by atomic mass is 79.9. The minimum absolute atomic E-state index is 0. The summed E-state index contributed by atoms with van der Waals surface area (Å²) in [6.45, 7) is 1.77. The second-order valence-corrected chi connectivity index (χ2v) is 4.61. The van der Waals surface area contributed by atoms with Gasteiger partial charge in [-0.25, -0.2) is 9.18 Å². The predicted molar refractivity (Wildman–Crippen MR) is 67.7 cm³/mol. The molecule has 0 bridgehead atoms. The quantitative estimate of drug-likeness (QED) is 0.863. The van der Waals surface area contributed by atoms with E-state index in [0.717, 1.165) is 0 Å². The maximum Gasteiger partial charge on any atom is 0.342 e. The second-order valence-electron chi connectivity index (χ2n) is 2.81. The summed E-state index contributed by atoms with van der Waals surface area (Å²) in [6, 6.07) is 0.788. The van der Waals surface area contributed by atoms with Crippen LogP contribution in [0.5, 0.6) is 0 Å². The van der Waals surface area contributed by atoms with Crippen LogP contribution in [-0.4, -0.2) is 18.7 Å². The smallest absolute Gasteiger partial charge is 0.342 e. The van der Waals surface area contributed by atoms with Crippen LogP contribution in [0.4, 0.5) is 4.39 Å². The molecule has 16 heavy (non-hydrogen) atoms. The van der Waals surface area contributed by atoms with Gasteiger partial charge >= 0.3 is 5.97 Å². The Labute approximate surface area is 112 Å². The summed E-state index contributed by atoms with van der Waals surface area (Å²) >= 11 is 4.54. The number of hydrogen-bond acceptors (Lipinski definition) is 4. The molecule has 1 aromatic heterocycles. The molecule has 7 heteroatoms. The van der Waals surface area contributed by atoms with Gasteiger partial charge in [0.15, 0.2) is 0 Å². The number of thiophene rings is 1. The van der Waals surface area contributed by atoms with Crippen LogP contribution in [0.25, 0.3) is 0 Å². The molecule has 92 valence electrons. The number of esters is 1. The van der Waals surface area contributed by atoms with Gasteiger partial charge < -0.3 is 10.5 Å². The fraction of sp³-hybridized carbons (Fsp3) is 0.444. The summed E-state index contributed by atoms with van der Waals surface area (Å²) in [4.78, 5) is 11.7. The molecular formula is C9H12BrClFNO2S. The Hall–Kier alpha value is -0.170. The molecule has 1 heterocycles. The van der Waals surface area contributed by atoms with E-state index in [1.165, 1.54) is 11.3 Å². The zero-order valence-electron chi connectivity index (χ0n) is 8.48. The standard InChI is InChI=1S/C9H11BrFNO2S.ClH/c1-2-14-9(13)6(11)7(12)8-5(10)3-4-15-8;/h3-4,6-7H,2,12H2,1H3;1H/t6?,7-;/m1./s1. The maximum absolute atomic E-state index is 13.5. The lowest BCUT2D eigenvalue weighted by Crippen LogP contribution is -2.31. The van der Waals surface area contributed by atoms with E-state index in [1.807, 2.05) is 0 Å². The van der Waals surface area contributed by atoms with Crippen LogP contribution in [0.15, 0.2) is 15.9 Å². The lowest BCUT2D eigenvalue weighted by molar-refractivity contribution is -0.149. The van der Waals surface area contributed by atoms with Crippen molar-refractivity contribution in [3.05, 3.63) is 20.8 Å². The number of rotatable bonds is 4. The highest BCUT2D eigenvalue weighted by molar-refractivity contribution is 9.10. The zero-order valence-corrected chi connectivity index (χ0v) is 11.7. The van der Waals surface area contributed by atoms with Crippen LogP contribution in [0.3, 0.4) is 0 Å². The molecule has 2 N–H and O–H groups in total. The summed E-state index contributed by atoms with van der Waals surface area (Å²) in [7, 11) is 0. The third-order valence-electron chi connectivity index (χ3n) is 1.77. The van der Waals surface area contributed by atoms with Crippen LogP contribution in [0.1, 0.15) is 17.8 Å². The normalized spacial score (nSPS) is 13.8. The van der Waals surface area contributed by atoms with Gasteiger partial charge in [0.1, 0.15) is 0 Å². The van der Waals surface area contributed by atoms with E-state index in [9.17, 15) is 9.18 Å². The fourth-order valence-corrected chi connectivity index (χ4v) is 2.70. The van der Waals surface area contributed by atoms with E-state index >= 15 is 0 Å². The Bertz CT molecular complexity index is 350. The molecular weight excluding hydrogens is 321 g/mol. The minimum atomic E-state index is -1.82. The van der Waals surface area contributed by atoms with Gasteiger partial charge in [-0.2, -0.15) is 0 Å². The van der Waals surface area contributed by atoms with Crippen LogP contribution < -0.4 is 5.73 Å². The summed E-state index contributed by atoms with van der Waals surface area (Å²) in [5, 5.41) is 1.77. The van der Waals surface area contributed by atoms with E-state index in [4.69, 9.17) is 5.73 Å². The Morgan fingerprint density at radius 2 is 2.38 bits per heavy atom. The number of nitrogens with two attached hydrogens (primary N) is 1. The molecule has 0 radical (unpaired) electrons. The van der Waals surface area contributed by atoms with Crippen molar-refractivity contribution in [3.8, 4) is 0 Å². The Balaban J connectivity index is 0.00000225. The van der Waals surface area contributed by atoms with Gasteiger partial charge in [0.25, 0.3) is 0 Å². The second kappa shape index (κ2) is 7.21. The van der Waals surface area contributed by atoms with Crippen molar-refractivity contribution in [3.63, 3.8) is 0 Å². The SMILES string of the molecule is CCOC(=O)C(F)[C@@H](N)c1sccc1Br.Cl. The van der Waals surface area contributed by atoms with Crippen LogP contribution in [-0.2, 0) is 9.53 Å². The van der Waals surface area contributed by atoms with Gasteiger partial charge in [-0.05, 0) is 34.3 Å². The topological polar surface area (TPSA) is 52.3 Å². The van der Waals surface area contributed by atoms with E-state index < -0.39 is 18.2 Å². The largest absolute Gasteiger partial charge is 0.464 e. The molecule has 1 unspecified atom stereocenters. The molecule has 1 rings (SSSR count). The van der Waals surface area contributed by atoms with Crippen molar-refractivity contribution in [2.24, 2.45) is 5.73 Å². The van der Waals surface area contributed by atoms with E-state index in [2.05, 4.69) is 20.7 Å². The molecule has 0 aliphatic carbocycles. The van der Waals surface area contributed by atoms with Gasteiger partial charge in [0.05, 0.1) is 12.6 Å². The molecule has 3 nitrogen and oxygen atoms in total. The van der Waals surface area contributed by atoms with Crippen molar-refractivity contribution in [1.82, 2.24) is 0 Å². The molecule has 0 aromatic carbocycles. The van der Waals surface area contributed by atoms with Crippen LogP contribution in [0.2, 0.25) is 0 Å². The van der Waals surface area contributed by atoms with Gasteiger partial charge in [0.2, 0.25) is 6.17 Å². The maximum atomic E-state index is 13.5. The molecule has 0 fully saturated rings. The lowest BCUT2D eigenvalue weighted by atomic mass is 10.1. The van der Waals surface area contributed by atoms with Crippen molar-refractivity contribution in [2.45, 2.75) is 19.1 Å². The zero-order chi connectivity index (χ0) is 11.4. The Kier molecular flexibility index (Phi) is 7.14. The van der Waals surface area contributed by atoms with E-state index in [0.29, 0.717) is 9.35 Å². The summed E-state index contributed by atoms with van der Waals surface area (Å²) in [5.74, 6) is -0.912. The molecule has 0 saturated heterocycles. The van der Waals surface area contributed by atoms with Gasteiger partial charge in [-0.3, -0.25) is 0 Å². The molecule has 0 aliphatic heterocycles. The summed E-state index contributed by atoms with van der Waals surface area (Å²) < 4.78 is 18.8. The molecule has 0 amide bonds. The van der Waals surface area contributed by atoms with Gasteiger partial charge in [-0.1, -0.05) is 0 Å².